The molecule has 0 fully saturated rings. The van der Waals surface area contributed by atoms with Crippen LogP contribution in [-0.2, 0) is 4.74 Å². The number of hydrogen-bond acceptors (Lipinski definition) is 5. The van der Waals surface area contributed by atoms with Crippen molar-refractivity contribution in [3.05, 3.63) is 66.9 Å². The van der Waals surface area contributed by atoms with E-state index in [0.717, 1.165) is 54.6 Å². The van der Waals surface area contributed by atoms with Crippen LogP contribution in [0.2, 0.25) is 0 Å². The Morgan fingerprint density at radius 1 is 0.758 bits per heavy atom. The molecule has 0 atom stereocenters. The summed E-state index contributed by atoms with van der Waals surface area (Å²) >= 11 is 0. The minimum Gasteiger partial charge on any atom is -0.378 e. The van der Waals surface area contributed by atoms with E-state index in [-0.39, 0.29) is 6.04 Å². The van der Waals surface area contributed by atoms with Crippen molar-refractivity contribution in [3.8, 4) is 22.5 Å². The van der Waals surface area contributed by atoms with Gasteiger partial charge in [-0.05, 0) is 34.2 Å². The molecule has 3 aromatic rings. The van der Waals surface area contributed by atoms with Gasteiger partial charge in [0.1, 0.15) is 5.82 Å². The third-order valence-corrected chi connectivity index (χ3v) is 5.91. The number of likely N-dealkylation sites (N-methyl/N-ethyl adjacent to an activating group) is 1. The van der Waals surface area contributed by atoms with E-state index in [1.54, 1.807) is 0 Å². The van der Waals surface area contributed by atoms with Gasteiger partial charge in [0.15, 0.2) is 0 Å². The molecule has 0 amide bonds. The summed E-state index contributed by atoms with van der Waals surface area (Å²) in [5, 5.41) is 0. The Morgan fingerprint density at radius 3 is 1.88 bits per heavy atom. The quantitative estimate of drug-likeness (QED) is 0.330. The average Bonchev–Trinajstić information content (AvgIpc) is 2.84. The SMILES string of the molecule is CCN(CCOCCN(c1cnc(-c2ccccc2)c(-c2ccccc2)n1)C(C)C)C(C)C. The molecule has 0 spiro atoms. The van der Waals surface area contributed by atoms with Crippen molar-refractivity contribution in [1.29, 1.82) is 0 Å². The number of anilines is 1. The Hall–Kier alpha value is -2.76. The molecule has 0 unspecified atom stereocenters. The van der Waals surface area contributed by atoms with Gasteiger partial charge in [-0.25, -0.2) is 4.98 Å². The fourth-order valence-corrected chi connectivity index (χ4v) is 3.99. The van der Waals surface area contributed by atoms with Crippen molar-refractivity contribution >= 4 is 5.82 Å². The Morgan fingerprint density at radius 2 is 1.33 bits per heavy atom. The van der Waals surface area contributed by atoms with Crippen molar-refractivity contribution in [1.82, 2.24) is 14.9 Å². The van der Waals surface area contributed by atoms with Crippen LogP contribution < -0.4 is 4.90 Å². The van der Waals surface area contributed by atoms with Crippen molar-refractivity contribution in [2.75, 3.05) is 37.7 Å². The van der Waals surface area contributed by atoms with Gasteiger partial charge < -0.3 is 9.64 Å². The van der Waals surface area contributed by atoms with Gasteiger partial charge in [0, 0.05) is 36.3 Å². The predicted molar refractivity (Wildman–Crippen MR) is 139 cm³/mol. The fourth-order valence-electron chi connectivity index (χ4n) is 3.99. The molecule has 0 aliphatic heterocycles. The lowest BCUT2D eigenvalue weighted by Gasteiger charge is -2.29. The minimum atomic E-state index is 0.289. The van der Waals surface area contributed by atoms with E-state index in [0.29, 0.717) is 12.6 Å². The number of aromatic nitrogens is 2. The maximum atomic E-state index is 5.99. The highest BCUT2D eigenvalue weighted by Gasteiger charge is 2.17. The smallest absolute Gasteiger partial charge is 0.148 e. The Kier molecular flexibility index (Phi) is 9.40. The molecule has 3 rings (SSSR count). The molecule has 5 heteroatoms. The molecule has 1 heterocycles. The first kappa shape index (κ1) is 24.9. The number of benzene rings is 2. The van der Waals surface area contributed by atoms with Crippen LogP contribution in [-0.4, -0.2) is 59.8 Å². The summed E-state index contributed by atoms with van der Waals surface area (Å²) in [4.78, 5) is 14.7. The molecule has 0 N–H and O–H groups in total. The zero-order valence-corrected chi connectivity index (χ0v) is 20.7. The van der Waals surface area contributed by atoms with E-state index in [4.69, 9.17) is 14.7 Å². The molecule has 0 aliphatic carbocycles. The predicted octanol–water partition coefficient (Wildman–Crippen LogP) is 5.77. The zero-order chi connectivity index (χ0) is 23.6. The topological polar surface area (TPSA) is 41.5 Å². The highest BCUT2D eigenvalue weighted by molar-refractivity contribution is 5.78. The van der Waals surface area contributed by atoms with Crippen LogP contribution in [0.15, 0.2) is 66.9 Å². The summed E-state index contributed by atoms with van der Waals surface area (Å²) in [6, 6.07) is 21.4. The molecule has 0 bridgehead atoms. The Labute approximate surface area is 199 Å². The van der Waals surface area contributed by atoms with Gasteiger partial charge >= 0.3 is 0 Å². The molecule has 2 aromatic carbocycles. The van der Waals surface area contributed by atoms with Crippen LogP contribution >= 0.6 is 0 Å². The summed E-state index contributed by atoms with van der Waals surface area (Å²) in [6.07, 6.45) is 1.90. The number of hydrogen-bond donors (Lipinski definition) is 0. The summed E-state index contributed by atoms with van der Waals surface area (Å²) in [5.74, 6) is 0.879. The van der Waals surface area contributed by atoms with Crippen LogP contribution in [0.3, 0.4) is 0 Å². The van der Waals surface area contributed by atoms with E-state index in [1.807, 2.05) is 42.6 Å². The number of nitrogens with zero attached hydrogens (tertiary/aromatic N) is 4. The molecule has 0 aliphatic rings. The van der Waals surface area contributed by atoms with E-state index in [1.165, 1.54) is 0 Å². The zero-order valence-electron chi connectivity index (χ0n) is 20.7. The van der Waals surface area contributed by atoms with Crippen molar-refractivity contribution < 1.29 is 4.74 Å². The van der Waals surface area contributed by atoms with Gasteiger partial charge in [0.05, 0.1) is 30.8 Å². The molecule has 33 heavy (non-hydrogen) atoms. The second kappa shape index (κ2) is 12.5. The lowest BCUT2D eigenvalue weighted by molar-refractivity contribution is 0.0984. The highest BCUT2D eigenvalue weighted by Crippen LogP contribution is 2.30. The van der Waals surface area contributed by atoms with Gasteiger partial charge in [-0.1, -0.05) is 67.6 Å². The highest BCUT2D eigenvalue weighted by atomic mass is 16.5. The Bertz CT molecular complexity index is 960. The number of ether oxygens (including phenoxy) is 1. The molecule has 0 saturated heterocycles. The molecule has 0 saturated carbocycles. The van der Waals surface area contributed by atoms with Gasteiger partial charge in [0.25, 0.3) is 0 Å². The standard InChI is InChI=1S/C28H38N4O/c1-6-31(22(2)3)17-19-33-20-18-32(23(4)5)26-21-29-27(24-13-9-7-10-14-24)28(30-26)25-15-11-8-12-16-25/h7-16,21-23H,6,17-20H2,1-5H3. The minimum absolute atomic E-state index is 0.289. The molecule has 0 radical (unpaired) electrons. The largest absolute Gasteiger partial charge is 0.378 e. The second-order valence-corrected chi connectivity index (χ2v) is 8.78. The molecule has 176 valence electrons. The van der Waals surface area contributed by atoms with Crippen LogP contribution in [0.1, 0.15) is 34.6 Å². The summed E-state index contributed by atoms with van der Waals surface area (Å²) in [6.45, 7) is 15.2. The summed E-state index contributed by atoms with van der Waals surface area (Å²) < 4.78 is 5.99. The van der Waals surface area contributed by atoms with E-state index >= 15 is 0 Å². The molecule has 1 aromatic heterocycles. The van der Waals surface area contributed by atoms with Crippen LogP contribution in [0, 0.1) is 0 Å². The fraction of sp³-hybridized carbons (Fsp3) is 0.429. The lowest BCUT2D eigenvalue weighted by Crippen LogP contribution is -2.36. The first-order valence-corrected chi connectivity index (χ1v) is 12.1. The summed E-state index contributed by atoms with van der Waals surface area (Å²) in [7, 11) is 0. The first-order valence-electron chi connectivity index (χ1n) is 12.1. The van der Waals surface area contributed by atoms with Crippen molar-refractivity contribution in [2.24, 2.45) is 0 Å². The van der Waals surface area contributed by atoms with E-state index in [2.05, 4.69) is 68.7 Å². The first-order chi connectivity index (χ1) is 16.0. The van der Waals surface area contributed by atoms with Crippen LogP contribution in [0.5, 0.6) is 0 Å². The Balaban J connectivity index is 1.78. The van der Waals surface area contributed by atoms with Crippen LogP contribution in [0.4, 0.5) is 5.82 Å². The normalized spacial score (nSPS) is 11.5. The number of rotatable bonds is 12. The van der Waals surface area contributed by atoms with Gasteiger partial charge in [-0.3, -0.25) is 9.88 Å². The third-order valence-electron chi connectivity index (χ3n) is 5.91. The van der Waals surface area contributed by atoms with Crippen LogP contribution in [0.25, 0.3) is 22.5 Å². The monoisotopic (exact) mass is 446 g/mol. The third kappa shape index (κ3) is 6.86. The van der Waals surface area contributed by atoms with E-state index < -0.39 is 0 Å². The molecular weight excluding hydrogens is 408 g/mol. The van der Waals surface area contributed by atoms with Gasteiger partial charge in [0.2, 0.25) is 0 Å². The lowest BCUT2D eigenvalue weighted by atomic mass is 10.0. The maximum Gasteiger partial charge on any atom is 0.148 e. The van der Waals surface area contributed by atoms with Crippen molar-refractivity contribution in [2.45, 2.75) is 46.7 Å². The molecular formula is C28H38N4O. The van der Waals surface area contributed by atoms with Gasteiger partial charge in [-0.15, -0.1) is 0 Å². The van der Waals surface area contributed by atoms with Crippen molar-refractivity contribution in [3.63, 3.8) is 0 Å². The summed E-state index contributed by atoms with van der Waals surface area (Å²) in [5.41, 5.74) is 3.94. The average molecular weight is 447 g/mol. The molecule has 5 nitrogen and oxygen atoms in total. The van der Waals surface area contributed by atoms with E-state index in [9.17, 15) is 0 Å². The maximum absolute atomic E-state index is 5.99. The second-order valence-electron chi connectivity index (χ2n) is 8.78. The van der Waals surface area contributed by atoms with Gasteiger partial charge in [-0.2, -0.15) is 0 Å².